The maximum Gasteiger partial charge on any atom is 0.418 e. The number of carbonyl (C=O) groups is 1. The monoisotopic (exact) mass is 491 g/mol. The molecule has 1 aliphatic carbocycles. The predicted octanol–water partition coefficient (Wildman–Crippen LogP) is 5.25. The van der Waals surface area contributed by atoms with E-state index >= 15 is 0 Å². The number of alkyl halides is 3. The Balaban J connectivity index is 1.53. The van der Waals surface area contributed by atoms with E-state index in [1.54, 1.807) is 6.92 Å². The molecule has 1 heterocycles. The molecular formula is C22H20F3N5O3S. The minimum atomic E-state index is -4.87. The first-order valence-corrected chi connectivity index (χ1v) is 11.3. The molecular weight excluding hydrogens is 471 g/mol. The second-order valence-corrected chi connectivity index (χ2v) is 9.23. The fourth-order valence-electron chi connectivity index (χ4n) is 3.38. The van der Waals surface area contributed by atoms with Gasteiger partial charge in [-0.3, -0.25) is 14.9 Å². The zero-order valence-electron chi connectivity index (χ0n) is 18.0. The first-order chi connectivity index (χ1) is 16.1. The molecule has 0 radical (unpaired) electrons. The van der Waals surface area contributed by atoms with Gasteiger partial charge in [-0.15, -0.1) is 10.2 Å². The average Bonchev–Trinajstić information content (AvgIpc) is 3.56. The second kappa shape index (κ2) is 9.45. The van der Waals surface area contributed by atoms with Gasteiger partial charge in [-0.25, -0.2) is 0 Å². The molecule has 1 fully saturated rings. The van der Waals surface area contributed by atoms with Crippen molar-refractivity contribution >= 4 is 29.0 Å². The van der Waals surface area contributed by atoms with Crippen LogP contribution in [0.3, 0.4) is 0 Å². The molecule has 1 N–H and O–H groups in total. The van der Waals surface area contributed by atoms with E-state index in [-0.39, 0.29) is 0 Å². The highest BCUT2D eigenvalue weighted by atomic mass is 32.2. The number of rotatable bonds is 8. The number of nitrogens with one attached hydrogen (secondary N) is 1. The third-order valence-electron chi connectivity index (χ3n) is 5.30. The molecule has 1 aliphatic rings. The van der Waals surface area contributed by atoms with Crippen molar-refractivity contribution in [2.24, 2.45) is 0 Å². The first-order valence-electron chi connectivity index (χ1n) is 10.4. The summed E-state index contributed by atoms with van der Waals surface area (Å²) in [6, 6.07) is 11.9. The first kappa shape index (κ1) is 23.7. The second-order valence-electron chi connectivity index (χ2n) is 7.92. The third kappa shape index (κ3) is 5.38. The lowest BCUT2D eigenvalue weighted by atomic mass is 10.1. The highest BCUT2D eigenvalue weighted by Crippen LogP contribution is 2.41. The van der Waals surface area contributed by atoms with Crippen molar-refractivity contribution in [2.45, 2.75) is 48.8 Å². The standard InChI is InChI=1S/C22H20F3N5O3S/c1-13(20(31)26-18-10-9-16(30(32)33)11-17(18)22(23,24)25)34-21-28-27-19(15-7-8-15)29(21)12-14-5-3-2-4-6-14/h2-6,9-11,13,15H,7-8,12H2,1H3,(H,26,31). The number of hydrogen-bond acceptors (Lipinski definition) is 6. The van der Waals surface area contributed by atoms with Crippen LogP contribution in [0.5, 0.6) is 0 Å². The van der Waals surface area contributed by atoms with E-state index in [4.69, 9.17) is 0 Å². The fourth-order valence-corrected chi connectivity index (χ4v) is 4.24. The number of anilines is 1. The number of hydrogen-bond donors (Lipinski definition) is 1. The molecule has 0 spiro atoms. The van der Waals surface area contributed by atoms with Crippen molar-refractivity contribution in [3.05, 3.63) is 75.6 Å². The van der Waals surface area contributed by atoms with Crippen LogP contribution in [-0.4, -0.2) is 30.8 Å². The summed E-state index contributed by atoms with van der Waals surface area (Å²) in [5, 5.41) is 21.3. The summed E-state index contributed by atoms with van der Waals surface area (Å²) in [5.74, 6) is 0.449. The molecule has 1 aromatic heterocycles. The van der Waals surface area contributed by atoms with Crippen molar-refractivity contribution in [3.8, 4) is 0 Å². The lowest BCUT2D eigenvalue weighted by molar-refractivity contribution is -0.385. The van der Waals surface area contributed by atoms with Crippen LogP contribution < -0.4 is 5.32 Å². The zero-order chi connectivity index (χ0) is 24.5. The van der Waals surface area contributed by atoms with Gasteiger partial charge in [0.1, 0.15) is 5.82 Å². The molecule has 2 aromatic carbocycles. The van der Waals surface area contributed by atoms with Gasteiger partial charge in [0.15, 0.2) is 5.16 Å². The Bertz CT molecular complexity index is 1210. The molecule has 3 aromatic rings. The van der Waals surface area contributed by atoms with Gasteiger partial charge in [0.25, 0.3) is 5.69 Å². The molecule has 12 heteroatoms. The van der Waals surface area contributed by atoms with E-state index in [1.807, 2.05) is 34.9 Å². The van der Waals surface area contributed by atoms with Crippen molar-refractivity contribution < 1.29 is 22.9 Å². The van der Waals surface area contributed by atoms with E-state index in [1.165, 1.54) is 0 Å². The third-order valence-corrected chi connectivity index (χ3v) is 6.38. The normalized spacial score (nSPS) is 14.6. The Hall–Kier alpha value is -3.41. The van der Waals surface area contributed by atoms with Crippen LogP contribution in [-0.2, 0) is 17.5 Å². The summed E-state index contributed by atoms with van der Waals surface area (Å²) in [6.07, 6.45) is -2.86. The van der Waals surface area contributed by atoms with Crippen LogP contribution in [0, 0.1) is 10.1 Å². The maximum atomic E-state index is 13.4. The van der Waals surface area contributed by atoms with E-state index in [0.717, 1.165) is 48.1 Å². The number of aromatic nitrogens is 3. The molecule has 0 saturated heterocycles. The van der Waals surface area contributed by atoms with Gasteiger partial charge in [0.2, 0.25) is 5.91 Å². The molecule has 1 atom stereocenters. The minimum Gasteiger partial charge on any atom is -0.325 e. The van der Waals surface area contributed by atoms with Crippen molar-refractivity contribution in [1.82, 2.24) is 14.8 Å². The number of halogens is 3. The molecule has 178 valence electrons. The quantitative estimate of drug-likeness (QED) is 0.262. The van der Waals surface area contributed by atoms with Crippen LogP contribution in [0.25, 0.3) is 0 Å². The lowest BCUT2D eigenvalue weighted by Gasteiger charge is -2.16. The lowest BCUT2D eigenvalue weighted by Crippen LogP contribution is -2.25. The predicted molar refractivity (Wildman–Crippen MR) is 120 cm³/mol. The van der Waals surface area contributed by atoms with E-state index in [0.29, 0.717) is 23.7 Å². The molecule has 1 saturated carbocycles. The van der Waals surface area contributed by atoms with Crippen LogP contribution >= 0.6 is 11.8 Å². The summed E-state index contributed by atoms with van der Waals surface area (Å²) in [6.45, 7) is 2.06. The Morgan fingerprint density at radius 1 is 1.24 bits per heavy atom. The summed E-state index contributed by atoms with van der Waals surface area (Å²) in [7, 11) is 0. The van der Waals surface area contributed by atoms with Crippen molar-refractivity contribution in [2.75, 3.05) is 5.32 Å². The minimum absolute atomic E-state index is 0.309. The SMILES string of the molecule is CC(Sc1nnc(C2CC2)n1Cc1ccccc1)C(=O)Nc1ccc([N+](=O)[O-])cc1C(F)(F)F. The van der Waals surface area contributed by atoms with Crippen LogP contribution in [0.1, 0.15) is 42.6 Å². The van der Waals surface area contributed by atoms with Crippen molar-refractivity contribution in [3.63, 3.8) is 0 Å². The van der Waals surface area contributed by atoms with E-state index < -0.39 is 39.2 Å². The topological polar surface area (TPSA) is 103 Å². The van der Waals surface area contributed by atoms with Gasteiger partial charge in [-0.1, -0.05) is 42.1 Å². The Kier molecular flexibility index (Phi) is 6.60. The van der Waals surface area contributed by atoms with Gasteiger partial charge in [-0.2, -0.15) is 13.2 Å². The maximum absolute atomic E-state index is 13.4. The Morgan fingerprint density at radius 2 is 1.94 bits per heavy atom. The molecule has 1 amide bonds. The van der Waals surface area contributed by atoms with Gasteiger partial charge in [0, 0.05) is 18.1 Å². The number of carbonyl (C=O) groups excluding carboxylic acids is 1. The van der Waals surface area contributed by atoms with Gasteiger partial charge in [-0.05, 0) is 31.4 Å². The summed E-state index contributed by atoms with van der Waals surface area (Å²) >= 11 is 1.09. The van der Waals surface area contributed by atoms with Crippen LogP contribution in [0.15, 0.2) is 53.7 Å². The van der Waals surface area contributed by atoms with Gasteiger partial charge >= 0.3 is 6.18 Å². The number of nitro groups is 1. The number of amides is 1. The molecule has 1 unspecified atom stereocenters. The number of benzene rings is 2. The summed E-state index contributed by atoms with van der Waals surface area (Å²) in [5.41, 5.74) is -1.51. The number of nitro benzene ring substituents is 1. The van der Waals surface area contributed by atoms with E-state index in [2.05, 4.69) is 15.5 Å². The summed E-state index contributed by atoms with van der Waals surface area (Å²) < 4.78 is 42.2. The van der Waals surface area contributed by atoms with Crippen LogP contribution in [0.4, 0.5) is 24.5 Å². The molecule has 34 heavy (non-hydrogen) atoms. The zero-order valence-corrected chi connectivity index (χ0v) is 18.8. The molecule has 0 bridgehead atoms. The number of thioether (sulfide) groups is 1. The number of nitrogens with zero attached hydrogens (tertiary/aromatic N) is 4. The number of non-ortho nitro benzene ring substituents is 1. The fraction of sp³-hybridized carbons (Fsp3) is 0.318. The van der Waals surface area contributed by atoms with E-state index in [9.17, 15) is 28.1 Å². The molecule has 8 nitrogen and oxygen atoms in total. The Morgan fingerprint density at radius 3 is 2.56 bits per heavy atom. The van der Waals surface area contributed by atoms with Crippen molar-refractivity contribution in [1.29, 1.82) is 0 Å². The summed E-state index contributed by atoms with van der Waals surface area (Å²) in [4.78, 5) is 22.7. The largest absolute Gasteiger partial charge is 0.418 e. The highest BCUT2D eigenvalue weighted by Gasteiger charge is 2.36. The molecule has 4 rings (SSSR count). The van der Waals surface area contributed by atoms with Gasteiger partial charge in [0.05, 0.1) is 28.0 Å². The highest BCUT2D eigenvalue weighted by molar-refractivity contribution is 8.00. The van der Waals surface area contributed by atoms with Crippen LogP contribution in [0.2, 0.25) is 0 Å². The molecule has 0 aliphatic heterocycles. The smallest absolute Gasteiger partial charge is 0.325 e. The Labute approximate surface area is 196 Å². The average molecular weight is 491 g/mol. The van der Waals surface area contributed by atoms with Gasteiger partial charge < -0.3 is 9.88 Å².